The Balaban J connectivity index is 2.21. The molecule has 1 heterocycles. The number of benzene rings is 1. The number of ether oxygens (including phenoxy) is 2. The molecule has 1 aromatic heterocycles. The van der Waals surface area contributed by atoms with Crippen molar-refractivity contribution in [2.75, 3.05) is 37.5 Å². The van der Waals surface area contributed by atoms with Gasteiger partial charge in [0.25, 0.3) is 11.5 Å². The Morgan fingerprint density at radius 3 is 2.56 bits per heavy atom. The monoisotopic (exact) mass is 512 g/mol. The summed E-state index contributed by atoms with van der Waals surface area (Å²) in [5, 5.41) is 0. The van der Waals surface area contributed by atoms with E-state index < -0.39 is 41.5 Å². The fraction of sp³-hybridized carbons (Fsp3) is 0.391. The van der Waals surface area contributed by atoms with Gasteiger partial charge in [0.2, 0.25) is 0 Å². The minimum atomic E-state index is -4.54. The molecular formula is C23H27F3N4O6. The molecule has 10 nitrogen and oxygen atoms in total. The average molecular weight is 512 g/mol. The Bertz CT molecular complexity index is 1230. The summed E-state index contributed by atoms with van der Waals surface area (Å²) in [7, 11) is 1.37. The van der Waals surface area contributed by atoms with Gasteiger partial charge >= 0.3 is 17.8 Å². The van der Waals surface area contributed by atoms with Gasteiger partial charge in [0.15, 0.2) is 12.3 Å². The normalized spacial score (nSPS) is 11.8. The molecule has 0 fully saturated rings. The molecule has 0 aliphatic heterocycles. The van der Waals surface area contributed by atoms with Crippen molar-refractivity contribution < 1.29 is 32.2 Å². The van der Waals surface area contributed by atoms with Crippen LogP contribution in [-0.2, 0) is 31.8 Å². The summed E-state index contributed by atoms with van der Waals surface area (Å²) in [5.74, 6) is -2.08. The van der Waals surface area contributed by atoms with Crippen LogP contribution in [0.1, 0.15) is 25.0 Å². The lowest BCUT2D eigenvalue weighted by Gasteiger charge is -2.24. The first-order valence-corrected chi connectivity index (χ1v) is 10.8. The first-order chi connectivity index (χ1) is 16.8. The number of amides is 1. The number of nitrogen functional groups attached to an aromatic ring is 1. The van der Waals surface area contributed by atoms with Crippen molar-refractivity contribution in [2.24, 2.45) is 5.92 Å². The third-order valence-corrected chi connectivity index (χ3v) is 4.82. The molecule has 0 radical (unpaired) electrons. The highest BCUT2D eigenvalue weighted by Gasteiger charge is 2.30. The molecule has 0 aliphatic carbocycles. The number of alkyl halides is 3. The van der Waals surface area contributed by atoms with E-state index in [0.717, 1.165) is 33.8 Å². The van der Waals surface area contributed by atoms with Crippen molar-refractivity contribution in [3.63, 3.8) is 0 Å². The summed E-state index contributed by atoms with van der Waals surface area (Å²) >= 11 is 0. The summed E-state index contributed by atoms with van der Waals surface area (Å²) in [4.78, 5) is 52.7. The number of nitrogens with one attached hydrogen (secondary N) is 1. The smallest absolute Gasteiger partial charge is 0.416 e. The topological polar surface area (TPSA) is 137 Å². The van der Waals surface area contributed by atoms with Crippen LogP contribution in [0.25, 0.3) is 6.08 Å². The van der Waals surface area contributed by atoms with Crippen LogP contribution in [0.2, 0.25) is 0 Å². The number of nitrogens with two attached hydrogens (primary N) is 1. The molecule has 0 unspecified atom stereocenters. The third kappa shape index (κ3) is 7.57. The molecule has 0 saturated carbocycles. The molecule has 2 aromatic rings. The van der Waals surface area contributed by atoms with Crippen LogP contribution in [0.15, 0.2) is 39.9 Å². The van der Waals surface area contributed by atoms with E-state index in [2.05, 4.69) is 4.98 Å². The molecule has 3 N–H and O–H groups in total. The van der Waals surface area contributed by atoms with Crippen LogP contribution in [-0.4, -0.2) is 48.3 Å². The standard InChI is InChI=1S/C23H27F3N4O6/c1-14(2)12-30-20(27)19(21(33)28-22(30)34)29(9-10-35-3)17(31)13-36-18(32)8-7-15-5-4-6-16(11-15)23(24,25)26/h4-8,11,14H,9-10,12-13,27H2,1-3H3,(H,28,33,34)/b8-7+. The minimum absolute atomic E-state index is 0.00266. The maximum absolute atomic E-state index is 12.9. The fourth-order valence-corrected chi connectivity index (χ4v) is 3.17. The summed E-state index contributed by atoms with van der Waals surface area (Å²) in [6.45, 7) is 2.89. The zero-order chi connectivity index (χ0) is 27.0. The highest BCUT2D eigenvalue weighted by atomic mass is 19.4. The summed E-state index contributed by atoms with van der Waals surface area (Å²) in [6.07, 6.45) is -2.57. The van der Waals surface area contributed by atoms with Crippen molar-refractivity contribution in [2.45, 2.75) is 26.6 Å². The van der Waals surface area contributed by atoms with Gasteiger partial charge in [-0.25, -0.2) is 9.59 Å². The summed E-state index contributed by atoms with van der Waals surface area (Å²) in [6, 6.07) is 4.28. The molecule has 0 bridgehead atoms. The van der Waals surface area contributed by atoms with Gasteiger partial charge < -0.3 is 15.2 Å². The van der Waals surface area contributed by atoms with Gasteiger partial charge in [-0.2, -0.15) is 13.2 Å². The molecule has 196 valence electrons. The lowest BCUT2D eigenvalue weighted by Crippen LogP contribution is -2.44. The van der Waals surface area contributed by atoms with Gasteiger partial charge in [-0.1, -0.05) is 26.0 Å². The van der Waals surface area contributed by atoms with Crippen molar-refractivity contribution in [3.8, 4) is 0 Å². The Morgan fingerprint density at radius 2 is 1.94 bits per heavy atom. The van der Waals surface area contributed by atoms with Crippen molar-refractivity contribution in [3.05, 3.63) is 62.3 Å². The van der Waals surface area contributed by atoms with Crippen LogP contribution in [0.3, 0.4) is 0 Å². The molecule has 0 saturated heterocycles. The zero-order valence-corrected chi connectivity index (χ0v) is 19.9. The maximum Gasteiger partial charge on any atom is 0.416 e. The molecule has 0 spiro atoms. The Hall–Kier alpha value is -3.87. The average Bonchev–Trinajstić information content (AvgIpc) is 2.80. The van der Waals surface area contributed by atoms with Crippen molar-refractivity contribution in [1.29, 1.82) is 0 Å². The van der Waals surface area contributed by atoms with Gasteiger partial charge in [-0.15, -0.1) is 0 Å². The SMILES string of the molecule is COCCN(C(=O)COC(=O)/C=C/c1cccc(C(F)(F)F)c1)c1c(N)n(CC(C)C)c(=O)[nH]c1=O. The van der Waals surface area contributed by atoms with Gasteiger partial charge in [-0.05, 0) is 29.7 Å². The van der Waals surface area contributed by atoms with Crippen LogP contribution in [0, 0.1) is 5.92 Å². The number of hydrogen-bond donors (Lipinski definition) is 2. The van der Waals surface area contributed by atoms with Crippen molar-refractivity contribution in [1.82, 2.24) is 9.55 Å². The number of anilines is 2. The Labute approximate surface area is 204 Å². The number of carbonyl (C=O) groups excluding carboxylic acids is 2. The van der Waals surface area contributed by atoms with E-state index in [4.69, 9.17) is 15.2 Å². The molecular weight excluding hydrogens is 485 g/mol. The molecule has 1 amide bonds. The number of rotatable bonds is 10. The molecule has 36 heavy (non-hydrogen) atoms. The third-order valence-electron chi connectivity index (χ3n) is 4.82. The highest BCUT2D eigenvalue weighted by molar-refractivity contribution is 5.98. The van der Waals surface area contributed by atoms with Gasteiger partial charge in [0.1, 0.15) is 5.82 Å². The number of aromatic nitrogens is 2. The minimum Gasteiger partial charge on any atom is -0.452 e. The zero-order valence-electron chi connectivity index (χ0n) is 19.9. The Morgan fingerprint density at radius 1 is 1.25 bits per heavy atom. The number of hydrogen-bond acceptors (Lipinski definition) is 7. The van der Waals surface area contributed by atoms with Crippen molar-refractivity contribution >= 4 is 29.5 Å². The second-order valence-corrected chi connectivity index (χ2v) is 8.10. The van der Waals surface area contributed by atoms with E-state index in [1.54, 1.807) is 0 Å². The lowest BCUT2D eigenvalue weighted by molar-refractivity contribution is -0.142. The van der Waals surface area contributed by atoms with Gasteiger partial charge in [0, 0.05) is 26.3 Å². The number of H-pyrrole nitrogens is 1. The molecule has 0 aliphatic rings. The molecule has 1 aromatic carbocycles. The second kappa shape index (κ2) is 12.2. The number of methoxy groups -OCH3 is 1. The maximum atomic E-state index is 12.9. The lowest BCUT2D eigenvalue weighted by atomic mass is 10.1. The van der Waals surface area contributed by atoms with Crippen LogP contribution >= 0.6 is 0 Å². The highest BCUT2D eigenvalue weighted by Crippen LogP contribution is 2.29. The number of aromatic amines is 1. The van der Waals surface area contributed by atoms with Crippen LogP contribution < -0.4 is 21.9 Å². The van der Waals surface area contributed by atoms with Crippen LogP contribution in [0.5, 0.6) is 0 Å². The fourth-order valence-electron chi connectivity index (χ4n) is 3.17. The predicted octanol–water partition coefficient (Wildman–Crippen LogP) is 2.03. The van der Waals surface area contributed by atoms with Gasteiger partial charge in [-0.3, -0.25) is 24.0 Å². The number of halogens is 3. The van der Waals surface area contributed by atoms with E-state index in [9.17, 15) is 32.3 Å². The predicted molar refractivity (Wildman–Crippen MR) is 126 cm³/mol. The van der Waals surface area contributed by atoms with E-state index in [1.807, 2.05) is 13.8 Å². The van der Waals surface area contributed by atoms with E-state index in [0.29, 0.717) is 0 Å². The quantitative estimate of drug-likeness (QED) is 0.367. The number of carbonyl (C=O) groups is 2. The Kier molecular flexibility index (Phi) is 9.61. The number of esters is 1. The van der Waals surface area contributed by atoms with Gasteiger partial charge in [0.05, 0.1) is 12.2 Å². The van der Waals surface area contributed by atoms with E-state index in [-0.39, 0.29) is 42.7 Å². The number of nitrogens with zero attached hydrogens (tertiary/aromatic N) is 2. The first-order valence-electron chi connectivity index (χ1n) is 10.8. The molecule has 13 heteroatoms. The first kappa shape index (κ1) is 28.4. The van der Waals surface area contributed by atoms with E-state index in [1.165, 1.54) is 19.2 Å². The largest absolute Gasteiger partial charge is 0.452 e. The summed E-state index contributed by atoms with van der Waals surface area (Å²) < 4.78 is 49.5. The van der Waals surface area contributed by atoms with Crippen LogP contribution in [0.4, 0.5) is 24.7 Å². The molecule has 0 atom stereocenters. The molecule has 2 rings (SSSR count). The van der Waals surface area contributed by atoms with E-state index >= 15 is 0 Å². The second-order valence-electron chi connectivity index (χ2n) is 8.10. The summed E-state index contributed by atoms with van der Waals surface area (Å²) in [5.41, 5.74) is 3.34.